The molecular weight excluding hydrogens is 272 g/mol. The van der Waals surface area contributed by atoms with Crippen LogP contribution in [0, 0.1) is 0 Å². The molecule has 0 fully saturated rings. The minimum absolute atomic E-state index is 0.707. The summed E-state index contributed by atoms with van der Waals surface area (Å²) in [4.78, 5) is 11.2. The lowest BCUT2D eigenvalue weighted by atomic mass is 10.2. The number of hydrazone groups is 1. The van der Waals surface area contributed by atoms with Crippen molar-refractivity contribution in [1.82, 2.24) is 9.97 Å². The van der Waals surface area contributed by atoms with E-state index in [9.17, 15) is 0 Å². The van der Waals surface area contributed by atoms with E-state index in [4.69, 9.17) is 4.42 Å². The molecule has 0 spiro atoms. The molecule has 0 aromatic carbocycles. The van der Waals surface area contributed by atoms with Gasteiger partial charge < -0.3 is 4.42 Å². The fourth-order valence-corrected chi connectivity index (χ4v) is 3.76. The lowest BCUT2D eigenvalue weighted by molar-refractivity contribution is 0.560. The van der Waals surface area contributed by atoms with Crippen molar-refractivity contribution in [2.75, 3.05) is 5.43 Å². The van der Waals surface area contributed by atoms with Gasteiger partial charge in [-0.15, -0.1) is 11.3 Å². The maximum atomic E-state index is 5.20. The number of furan rings is 1. The number of thiophene rings is 1. The molecule has 3 aromatic rings. The number of anilines is 1. The second-order valence-corrected chi connectivity index (χ2v) is 5.73. The zero-order valence-electron chi connectivity index (χ0n) is 10.7. The van der Waals surface area contributed by atoms with Crippen LogP contribution in [-0.4, -0.2) is 16.2 Å². The molecule has 1 aliphatic carbocycles. The molecule has 0 amide bonds. The van der Waals surface area contributed by atoms with Crippen molar-refractivity contribution in [2.45, 2.75) is 19.3 Å². The summed E-state index contributed by atoms with van der Waals surface area (Å²) in [6.45, 7) is 0. The van der Waals surface area contributed by atoms with Crippen molar-refractivity contribution in [3.8, 4) is 0 Å². The first kappa shape index (κ1) is 11.6. The van der Waals surface area contributed by atoms with Gasteiger partial charge in [0.15, 0.2) is 5.82 Å². The molecule has 6 heteroatoms. The number of aromatic nitrogens is 2. The molecule has 4 rings (SSSR count). The van der Waals surface area contributed by atoms with Crippen LogP contribution in [0.4, 0.5) is 5.82 Å². The molecule has 0 saturated carbocycles. The van der Waals surface area contributed by atoms with Crippen molar-refractivity contribution in [1.29, 1.82) is 0 Å². The van der Waals surface area contributed by atoms with Crippen LogP contribution in [0.2, 0.25) is 0 Å². The number of rotatable bonds is 3. The Morgan fingerprint density at radius 1 is 1.35 bits per heavy atom. The van der Waals surface area contributed by atoms with E-state index in [0.717, 1.165) is 28.9 Å². The number of fused-ring (bicyclic) bond motifs is 3. The summed E-state index contributed by atoms with van der Waals surface area (Å²) < 4.78 is 5.20. The average Bonchev–Trinajstić information content (AvgIpc) is 3.14. The van der Waals surface area contributed by atoms with Crippen LogP contribution >= 0.6 is 11.3 Å². The monoisotopic (exact) mass is 284 g/mol. The van der Waals surface area contributed by atoms with E-state index >= 15 is 0 Å². The first-order valence-corrected chi connectivity index (χ1v) is 7.31. The summed E-state index contributed by atoms with van der Waals surface area (Å²) in [6, 6.07) is 3.68. The lowest BCUT2D eigenvalue weighted by Gasteiger charge is -2.02. The molecule has 100 valence electrons. The van der Waals surface area contributed by atoms with Crippen LogP contribution in [0.3, 0.4) is 0 Å². The molecule has 0 aliphatic heterocycles. The maximum absolute atomic E-state index is 5.20. The largest absolute Gasteiger partial charge is 0.463 e. The van der Waals surface area contributed by atoms with E-state index in [1.165, 1.54) is 16.9 Å². The van der Waals surface area contributed by atoms with E-state index < -0.39 is 0 Å². The summed E-state index contributed by atoms with van der Waals surface area (Å²) in [7, 11) is 0. The van der Waals surface area contributed by atoms with Crippen molar-refractivity contribution < 1.29 is 4.42 Å². The Hall–Kier alpha value is -2.21. The van der Waals surface area contributed by atoms with Gasteiger partial charge >= 0.3 is 0 Å². The van der Waals surface area contributed by atoms with Gasteiger partial charge in [-0.05, 0) is 37.0 Å². The molecule has 1 aliphatic rings. The zero-order valence-corrected chi connectivity index (χ0v) is 11.5. The van der Waals surface area contributed by atoms with Gasteiger partial charge in [-0.3, -0.25) is 5.43 Å². The fraction of sp³-hybridized carbons (Fsp3) is 0.214. The third kappa shape index (κ3) is 1.89. The average molecular weight is 284 g/mol. The van der Waals surface area contributed by atoms with E-state index in [1.807, 2.05) is 12.1 Å². The predicted molar refractivity (Wildman–Crippen MR) is 79.4 cm³/mol. The molecule has 0 bridgehead atoms. The fourth-order valence-electron chi connectivity index (χ4n) is 2.54. The summed E-state index contributed by atoms with van der Waals surface area (Å²) in [5.74, 6) is 1.48. The van der Waals surface area contributed by atoms with Gasteiger partial charge in [0.2, 0.25) is 0 Å². The Labute approximate surface area is 119 Å². The van der Waals surface area contributed by atoms with Crippen LogP contribution in [0.1, 0.15) is 22.6 Å². The Morgan fingerprint density at radius 3 is 3.25 bits per heavy atom. The Morgan fingerprint density at radius 2 is 2.35 bits per heavy atom. The Bertz CT molecular complexity index is 776. The number of nitrogens with zero attached hydrogens (tertiary/aromatic N) is 3. The second-order valence-electron chi connectivity index (χ2n) is 4.65. The highest BCUT2D eigenvalue weighted by atomic mass is 32.1. The lowest BCUT2D eigenvalue weighted by Crippen LogP contribution is -1.95. The van der Waals surface area contributed by atoms with Gasteiger partial charge in [-0.1, -0.05) is 0 Å². The molecule has 5 nitrogen and oxygen atoms in total. The Balaban J connectivity index is 1.69. The van der Waals surface area contributed by atoms with Crippen molar-refractivity contribution in [2.24, 2.45) is 5.10 Å². The smallest absolute Gasteiger partial charge is 0.158 e. The first-order chi connectivity index (χ1) is 9.92. The Kier molecular flexibility index (Phi) is 2.74. The third-order valence-corrected chi connectivity index (χ3v) is 4.61. The maximum Gasteiger partial charge on any atom is 0.158 e. The highest BCUT2D eigenvalue weighted by Gasteiger charge is 2.20. The van der Waals surface area contributed by atoms with Gasteiger partial charge in [0.25, 0.3) is 0 Å². The molecular formula is C14H12N4OS. The van der Waals surface area contributed by atoms with Gasteiger partial charge in [-0.2, -0.15) is 5.10 Å². The van der Waals surface area contributed by atoms with Gasteiger partial charge in [0.1, 0.15) is 16.9 Å². The third-order valence-electron chi connectivity index (χ3n) is 3.41. The highest BCUT2D eigenvalue weighted by Crippen LogP contribution is 2.38. The minimum atomic E-state index is 0.707. The number of aryl methyl sites for hydroxylation is 2. The van der Waals surface area contributed by atoms with E-state index in [0.29, 0.717) is 5.76 Å². The number of nitrogens with one attached hydrogen (secondary N) is 1. The first-order valence-electron chi connectivity index (χ1n) is 6.49. The number of hydrogen-bond donors (Lipinski definition) is 1. The van der Waals surface area contributed by atoms with E-state index in [-0.39, 0.29) is 0 Å². The summed E-state index contributed by atoms with van der Waals surface area (Å²) in [5, 5.41) is 5.31. The summed E-state index contributed by atoms with van der Waals surface area (Å²) in [6.07, 6.45) is 8.33. The SMILES string of the molecule is C(=NNc1ncnc2sc3c(c12)CCC3)c1ccco1. The molecule has 0 atom stereocenters. The standard InChI is InChI=1S/C14H12N4OS/c1-4-10-11(5-1)20-14-12(10)13(15-8-16-14)18-17-7-9-3-2-6-19-9/h2-3,6-8H,1,4-5H2,(H,15,16,18). The summed E-state index contributed by atoms with van der Waals surface area (Å²) in [5.41, 5.74) is 4.40. The van der Waals surface area contributed by atoms with Crippen molar-refractivity contribution >= 4 is 33.6 Å². The second kappa shape index (κ2) is 4.72. The van der Waals surface area contributed by atoms with Crippen LogP contribution in [-0.2, 0) is 12.8 Å². The number of hydrogen-bond acceptors (Lipinski definition) is 6. The normalized spacial score (nSPS) is 14.2. The highest BCUT2D eigenvalue weighted by molar-refractivity contribution is 7.19. The van der Waals surface area contributed by atoms with Gasteiger partial charge in [0, 0.05) is 4.88 Å². The zero-order chi connectivity index (χ0) is 13.4. The van der Waals surface area contributed by atoms with E-state index in [2.05, 4.69) is 20.5 Å². The van der Waals surface area contributed by atoms with Crippen LogP contribution in [0.25, 0.3) is 10.2 Å². The summed E-state index contributed by atoms with van der Waals surface area (Å²) >= 11 is 1.77. The molecule has 20 heavy (non-hydrogen) atoms. The molecule has 3 heterocycles. The molecule has 1 N–H and O–H groups in total. The van der Waals surface area contributed by atoms with E-state index in [1.54, 1.807) is 30.1 Å². The minimum Gasteiger partial charge on any atom is -0.463 e. The topological polar surface area (TPSA) is 63.3 Å². The van der Waals surface area contributed by atoms with Gasteiger partial charge in [-0.25, -0.2) is 9.97 Å². The molecule has 0 radical (unpaired) electrons. The van der Waals surface area contributed by atoms with Crippen molar-refractivity contribution in [3.05, 3.63) is 40.9 Å². The van der Waals surface area contributed by atoms with Crippen LogP contribution in [0.5, 0.6) is 0 Å². The molecule has 0 unspecified atom stereocenters. The van der Waals surface area contributed by atoms with Crippen LogP contribution in [0.15, 0.2) is 34.2 Å². The van der Waals surface area contributed by atoms with Crippen LogP contribution < -0.4 is 5.43 Å². The molecule has 3 aromatic heterocycles. The van der Waals surface area contributed by atoms with Gasteiger partial charge in [0.05, 0.1) is 17.9 Å². The predicted octanol–water partition coefficient (Wildman–Crippen LogP) is 3.22. The van der Waals surface area contributed by atoms with Crippen molar-refractivity contribution in [3.63, 3.8) is 0 Å². The molecule has 0 saturated heterocycles. The quantitative estimate of drug-likeness (QED) is 0.592.